The maximum Gasteiger partial charge on any atom is 0.238 e. The molecule has 29 heavy (non-hydrogen) atoms. The monoisotopic (exact) mass is 456 g/mol. The highest BCUT2D eigenvalue weighted by molar-refractivity contribution is 8.23. The van der Waals surface area contributed by atoms with Crippen molar-refractivity contribution >= 4 is 49.9 Å². The van der Waals surface area contributed by atoms with Gasteiger partial charge in [0.2, 0.25) is 15.9 Å². The lowest BCUT2D eigenvalue weighted by atomic mass is 9.94. The zero-order valence-electron chi connectivity index (χ0n) is 16.4. The molecular formula is C19H28N4O3S3. The van der Waals surface area contributed by atoms with Crippen LogP contribution in [0.1, 0.15) is 32.1 Å². The molecule has 1 aromatic carbocycles. The summed E-state index contributed by atoms with van der Waals surface area (Å²) in [6, 6.07) is 6.51. The van der Waals surface area contributed by atoms with Gasteiger partial charge in [-0.2, -0.15) is 0 Å². The third-order valence-electron chi connectivity index (χ3n) is 5.46. The molecule has 0 spiro atoms. The molecule has 1 aliphatic heterocycles. The Hall–Kier alpha value is -1.20. The number of nitrogens with zero attached hydrogens (tertiary/aromatic N) is 2. The van der Waals surface area contributed by atoms with Crippen molar-refractivity contribution in [1.82, 2.24) is 9.80 Å². The van der Waals surface area contributed by atoms with Gasteiger partial charge < -0.3 is 10.2 Å². The third-order valence-corrected chi connectivity index (χ3v) is 7.91. The van der Waals surface area contributed by atoms with Crippen molar-refractivity contribution in [3.05, 3.63) is 24.3 Å². The maximum absolute atomic E-state index is 12.2. The summed E-state index contributed by atoms with van der Waals surface area (Å²) in [6.07, 6.45) is 6.70. The van der Waals surface area contributed by atoms with E-state index in [1.807, 2.05) is 0 Å². The zero-order valence-corrected chi connectivity index (χ0v) is 18.8. The molecule has 0 atom stereocenters. The Kier molecular flexibility index (Phi) is 7.92. The molecule has 0 aromatic heterocycles. The molecule has 0 unspecified atom stereocenters. The molecule has 1 aromatic rings. The first-order chi connectivity index (χ1) is 13.8. The van der Waals surface area contributed by atoms with Gasteiger partial charge in [0.1, 0.15) is 4.32 Å². The van der Waals surface area contributed by atoms with Crippen LogP contribution in [0.5, 0.6) is 0 Å². The highest BCUT2D eigenvalue weighted by Gasteiger charge is 2.26. The molecule has 1 saturated heterocycles. The smallest absolute Gasteiger partial charge is 0.238 e. The van der Waals surface area contributed by atoms with Gasteiger partial charge in [-0.3, -0.25) is 9.69 Å². The number of anilines is 1. The highest BCUT2D eigenvalue weighted by Crippen LogP contribution is 2.24. The third kappa shape index (κ3) is 6.65. The van der Waals surface area contributed by atoms with Crippen molar-refractivity contribution in [3.8, 4) is 0 Å². The van der Waals surface area contributed by atoms with Crippen molar-refractivity contribution in [2.45, 2.75) is 43.0 Å². The SMILES string of the molecule is NS(=O)(=O)c1ccc(NC(=O)CSC(=S)N2CCN(C3CCCCC3)CC2)cc1. The quantitative estimate of drug-likeness (QED) is 0.656. The largest absolute Gasteiger partial charge is 0.355 e. The molecule has 1 amide bonds. The molecule has 3 rings (SSSR count). The van der Waals surface area contributed by atoms with Crippen LogP contribution in [-0.2, 0) is 14.8 Å². The molecule has 1 aliphatic carbocycles. The van der Waals surface area contributed by atoms with E-state index in [2.05, 4.69) is 15.1 Å². The van der Waals surface area contributed by atoms with Gasteiger partial charge in [0.05, 0.1) is 10.6 Å². The first-order valence-corrected chi connectivity index (χ1v) is 12.9. The Balaban J connectivity index is 1.39. The molecule has 1 heterocycles. The van der Waals surface area contributed by atoms with Gasteiger partial charge in [-0.15, -0.1) is 0 Å². The average Bonchev–Trinajstić information content (AvgIpc) is 2.72. The van der Waals surface area contributed by atoms with Gasteiger partial charge in [-0.1, -0.05) is 43.2 Å². The Morgan fingerprint density at radius 2 is 1.72 bits per heavy atom. The van der Waals surface area contributed by atoms with Crippen LogP contribution in [0, 0.1) is 0 Å². The van der Waals surface area contributed by atoms with E-state index in [-0.39, 0.29) is 16.6 Å². The number of sulfonamides is 1. The van der Waals surface area contributed by atoms with Gasteiger partial charge >= 0.3 is 0 Å². The van der Waals surface area contributed by atoms with Crippen molar-refractivity contribution in [2.24, 2.45) is 5.14 Å². The number of nitrogens with two attached hydrogens (primary N) is 1. The normalized spacial score (nSPS) is 19.1. The van der Waals surface area contributed by atoms with Crippen molar-refractivity contribution in [3.63, 3.8) is 0 Å². The topological polar surface area (TPSA) is 95.7 Å². The second kappa shape index (κ2) is 10.2. The van der Waals surface area contributed by atoms with Gasteiger partial charge in [0.25, 0.3) is 0 Å². The second-order valence-corrected chi connectivity index (χ2v) is 10.7. The molecule has 2 fully saturated rings. The molecular weight excluding hydrogens is 428 g/mol. The molecule has 2 aliphatic rings. The molecule has 3 N–H and O–H groups in total. The Labute approximate surface area is 182 Å². The van der Waals surface area contributed by atoms with E-state index < -0.39 is 10.0 Å². The fourth-order valence-electron chi connectivity index (χ4n) is 3.86. The van der Waals surface area contributed by atoms with E-state index in [9.17, 15) is 13.2 Å². The molecule has 10 heteroatoms. The van der Waals surface area contributed by atoms with Gasteiger partial charge in [-0.05, 0) is 37.1 Å². The van der Waals surface area contributed by atoms with Crippen LogP contribution >= 0.6 is 24.0 Å². The number of hydrogen-bond donors (Lipinski definition) is 2. The average molecular weight is 457 g/mol. The number of amides is 1. The summed E-state index contributed by atoms with van der Waals surface area (Å²) >= 11 is 6.89. The van der Waals surface area contributed by atoms with Gasteiger partial charge in [0.15, 0.2) is 0 Å². The van der Waals surface area contributed by atoms with Crippen molar-refractivity contribution in [1.29, 1.82) is 0 Å². The predicted molar refractivity (Wildman–Crippen MR) is 122 cm³/mol. The predicted octanol–water partition coefficient (Wildman–Crippen LogP) is 2.24. The number of piperazine rings is 1. The van der Waals surface area contributed by atoms with Crippen molar-refractivity contribution in [2.75, 3.05) is 37.2 Å². The molecule has 1 saturated carbocycles. The van der Waals surface area contributed by atoms with E-state index in [1.165, 1.54) is 68.1 Å². The number of carbonyl (C=O) groups excluding carboxylic acids is 1. The summed E-state index contributed by atoms with van der Waals surface area (Å²) in [5.41, 5.74) is 0.523. The lowest BCUT2D eigenvalue weighted by Gasteiger charge is -2.41. The Bertz CT molecular complexity index is 816. The van der Waals surface area contributed by atoms with E-state index in [4.69, 9.17) is 17.4 Å². The summed E-state index contributed by atoms with van der Waals surface area (Å²) in [5.74, 6) is 0.0417. The standard InChI is InChI=1S/C19H28N4O3S3/c20-29(25,26)17-8-6-15(7-9-17)21-18(24)14-28-19(27)23-12-10-22(11-13-23)16-4-2-1-3-5-16/h6-9,16H,1-5,10-14H2,(H,21,24)(H2,20,25,26). The van der Waals surface area contributed by atoms with Gasteiger partial charge in [-0.25, -0.2) is 13.6 Å². The van der Waals surface area contributed by atoms with Crippen LogP contribution in [0.4, 0.5) is 5.69 Å². The van der Waals surface area contributed by atoms with E-state index in [0.717, 1.165) is 36.5 Å². The molecule has 0 radical (unpaired) electrons. The van der Waals surface area contributed by atoms with Crippen LogP contribution < -0.4 is 10.5 Å². The fourth-order valence-corrected chi connectivity index (χ4v) is 5.43. The summed E-state index contributed by atoms with van der Waals surface area (Å²) in [6.45, 7) is 3.90. The van der Waals surface area contributed by atoms with Crippen LogP contribution in [-0.4, -0.2) is 66.4 Å². The number of benzene rings is 1. The van der Waals surface area contributed by atoms with Crippen LogP contribution in [0.25, 0.3) is 0 Å². The highest BCUT2D eigenvalue weighted by atomic mass is 32.2. The first-order valence-electron chi connectivity index (χ1n) is 9.91. The van der Waals surface area contributed by atoms with E-state index in [1.54, 1.807) is 0 Å². The van der Waals surface area contributed by atoms with Crippen LogP contribution in [0.3, 0.4) is 0 Å². The minimum absolute atomic E-state index is 0.0124. The number of thiocarbonyl (C=S) groups is 1. The minimum Gasteiger partial charge on any atom is -0.355 e. The first kappa shape index (κ1) is 22.5. The minimum atomic E-state index is -3.74. The number of primary sulfonamides is 1. The van der Waals surface area contributed by atoms with Gasteiger partial charge in [0, 0.05) is 37.9 Å². The summed E-state index contributed by atoms with van der Waals surface area (Å²) in [7, 11) is -3.74. The summed E-state index contributed by atoms with van der Waals surface area (Å²) in [5, 5.41) is 7.82. The summed E-state index contributed by atoms with van der Waals surface area (Å²) in [4.78, 5) is 17.0. The Morgan fingerprint density at radius 3 is 2.31 bits per heavy atom. The number of thioether (sulfide) groups is 1. The lowest BCUT2D eigenvalue weighted by molar-refractivity contribution is -0.113. The van der Waals surface area contributed by atoms with Crippen LogP contribution in [0.15, 0.2) is 29.2 Å². The van der Waals surface area contributed by atoms with Crippen molar-refractivity contribution < 1.29 is 13.2 Å². The maximum atomic E-state index is 12.2. The molecule has 7 nitrogen and oxygen atoms in total. The summed E-state index contributed by atoms with van der Waals surface area (Å²) < 4.78 is 23.3. The second-order valence-electron chi connectivity index (χ2n) is 7.49. The zero-order chi connectivity index (χ0) is 20.9. The lowest BCUT2D eigenvalue weighted by Crippen LogP contribution is -2.51. The number of carbonyl (C=O) groups is 1. The number of hydrogen-bond acceptors (Lipinski definition) is 6. The Morgan fingerprint density at radius 1 is 1.10 bits per heavy atom. The fraction of sp³-hybridized carbons (Fsp3) is 0.579. The number of rotatable bonds is 5. The van der Waals surface area contributed by atoms with E-state index >= 15 is 0 Å². The molecule has 160 valence electrons. The van der Waals surface area contributed by atoms with Crippen LogP contribution in [0.2, 0.25) is 0 Å². The molecule has 0 bridgehead atoms. The van der Waals surface area contributed by atoms with E-state index in [0.29, 0.717) is 5.69 Å². The number of nitrogens with one attached hydrogen (secondary N) is 1.